The first kappa shape index (κ1) is 14.8. The standard InChI is InChI=1S/C15H17ClN4O2/c16-8-14(21)20-5-3-11(4-6-20)19-15(22)10-1-2-12-13(7-10)18-9-17-12/h1-2,7,9,11H,3-6,8H2,(H,17,18)(H,19,22). The maximum atomic E-state index is 12.3. The van der Waals surface area contributed by atoms with E-state index in [4.69, 9.17) is 11.6 Å². The topological polar surface area (TPSA) is 78.1 Å². The van der Waals surface area contributed by atoms with Crippen molar-refractivity contribution in [2.24, 2.45) is 0 Å². The van der Waals surface area contributed by atoms with Gasteiger partial charge in [0, 0.05) is 24.7 Å². The van der Waals surface area contributed by atoms with Crippen LogP contribution in [0.4, 0.5) is 0 Å². The molecule has 1 aromatic carbocycles. The molecule has 2 N–H and O–H groups in total. The third kappa shape index (κ3) is 3.06. The molecular weight excluding hydrogens is 304 g/mol. The van der Waals surface area contributed by atoms with Crippen LogP contribution in [0.1, 0.15) is 23.2 Å². The van der Waals surface area contributed by atoms with Gasteiger partial charge in [0.15, 0.2) is 0 Å². The number of aromatic nitrogens is 2. The second-order valence-electron chi connectivity index (χ2n) is 5.40. The number of rotatable bonds is 3. The number of nitrogens with one attached hydrogen (secondary N) is 2. The van der Waals surface area contributed by atoms with E-state index < -0.39 is 0 Å². The SMILES string of the molecule is O=C(NC1CCN(C(=O)CCl)CC1)c1ccc2nc[nH]c2c1. The summed E-state index contributed by atoms with van der Waals surface area (Å²) < 4.78 is 0. The summed E-state index contributed by atoms with van der Waals surface area (Å²) >= 11 is 5.56. The number of carbonyl (C=O) groups is 2. The van der Waals surface area contributed by atoms with Crippen LogP contribution in [-0.2, 0) is 4.79 Å². The second kappa shape index (κ2) is 6.36. The number of alkyl halides is 1. The molecule has 1 saturated heterocycles. The average molecular weight is 321 g/mol. The van der Waals surface area contributed by atoms with Crippen LogP contribution in [0.5, 0.6) is 0 Å². The molecule has 0 bridgehead atoms. The van der Waals surface area contributed by atoms with E-state index in [-0.39, 0.29) is 23.7 Å². The molecule has 0 aliphatic carbocycles. The van der Waals surface area contributed by atoms with Gasteiger partial charge in [0.1, 0.15) is 5.88 Å². The van der Waals surface area contributed by atoms with Crippen LogP contribution in [0.2, 0.25) is 0 Å². The zero-order valence-electron chi connectivity index (χ0n) is 12.0. The van der Waals surface area contributed by atoms with Gasteiger partial charge in [-0.1, -0.05) is 0 Å². The summed E-state index contributed by atoms with van der Waals surface area (Å²) in [6.45, 7) is 1.27. The molecule has 1 aromatic heterocycles. The Bertz CT molecular complexity index is 692. The molecule has 1 aliphatic rings. The third-order valence-electron chi connectivity index (χ3n) is 3.98. The zero-order chi connectivity index (χ0) is 15.5. The minimum absolute atomic E-state index is 0.0151. The van der Waals surface area contributed by atoms with Crippen LogP contribution >= 0.6 is 11.6 Å². The fraction of sp³-hybridized carbons (Fsp3) is 0.400. The summed E-state index contributed by atoms with van der Waals surface area (Å²) in [4.78, 5) is 32.7. The summed E-state index contributed by atoms with van der Waals surface area (Å²) in [5, 5.41) is 3.03. The van der Waals surface area contributed by atoms with Crippen molar-refractivity contribution in [2.45, 2.75) is 18.9 Å². The van der Waals surface area contributed by atoms with Gasteiger partial charge in [0.05, 0.1) is 17.4 Å². The molecular formula is C15H17ClN4O2. The fourth-order valence-electron chi connectivity index (χ4n) is 2.70. The van der Waals surface area contributed by atoms with Crippen molar-refractivity contribution >= 4 is 34.4 Å². The number of hydrogen-bond acceptors (Lipinski definition) is 3. The van der Waals surface area contributed by atoms with Crippen molar-refractivity contribution in [3.05, 3.63) is 30.1 Å². The molecule has 3 rings (SSSR count). The predicted molar refractivity (Wildman–Crippen MR) is 83.9 cm³/mol. The number of H-pyrrole nitrogens is 1. The van der Waals surface area contributed by atoms with Crippen molar-refractivity contribution in [1.29, 1.82) is 0 Å². The highest BCUT2D eigenvalue weighted by molar-refractivity contribution is 6.27. The Morgan fingerprint density at radius 2 is 2.14 bits per heavy atom. The number of piperidine rings is 1. The zero-order valence-corrected chi connectivity index (χ0v) is 12.8. The normalized spacial score (nSPS) is 16.0. The van der Waals surface area contributed by atoms with Crippen molar-refractivity contribution in [3.63, 3.8) is 0 Å². The molecule has 2 amide bonds. The van der Waals surface area contributed by atoms with Gasteiger partial charge in [-0.25, -0.2) is 4.98 Å². The lowest BCUT2D eigenvalue weighted by atomic mass is 10.0. The first-order valence-electron chi connectivity index (χ1n) is 7.25. The molecule has 22 heavy (non-hydrogen) atoms. The highest BCUT2D eigenvalue weighted by Gasteiger charge is 2.23. The Kier molecular flexibility index (Phi) is 4.29. The molecule has 2 heterocycles. The number of benzene rings is 1. The third-order valence-corrected chi connectivity index (χ3v) is 4.21. The maximum Gasteiger partial charge on any atom is 0.251 e. The molecule has 6 nitrogen and oxygen atoms in total. The highest BCUT2D eigenvalue weighted by atomic mass is 35.5. The van der Waals surface area contributed by atoms with E-state index in [9.17, 15) is 9.59 Å². The largest absolute Gasteiger partial charge is 0.349 e. The van der Waals surface area contributed by atoms with Crippen LogP contribution < -0.4 is 5.32 Å². The lowest BCUT2D eigenvalue weighted by molar-refractivity contribution is -0.129. The second-order valence-corrected chi connectivity index (χ2v) is 5.66. The van der Waals surface area contributed by atoms with Crippen molar-refractivity contribution in [1.82, 2.24) is 20.2 Å². The summed E-state index contributed by atoms with van der Waals surface area (Å²) in [6, 6.07) is 5.47. The fourth-order valence-corrected chi connectivity index (χ4v) is 2.87. The summed E-state index contributed by atoms with van der Waals surface area (Å²) in [5.41, 5.74) is 2.29. The van der Waals surface area contributed by atoms with E-state index in [0.29, 0.717) is 18.7 Å². The Morgan fingerprint density at radius 3 is 2.86 bits per heavy atom. The molecule has 1 aliphatic heterocycles. The van der Waals surface area contributed by atoms with E-state index in [1.807, 2.05) is 6.07 Å². The Hall–Kier alpha value is -2.08. The number of nitrogens with zero attached hydrogens (tertiary/aromatic N) is 2. The monoisotopic (exact) mass is 320 g/mol. The Balaban J connectivity index is 1.59. The molecule has 1 fully saturated rings. The van der Waals surface area contributed by atoms with Crippen LogP contribution in [0.25, 0.3) is 11.0 Å². The molecule has 116 valence electrons. The number of carbonyl (C=O) groups excluding carboxylic acids is 2. The predicted octanol–water partition coefficient (Wildman–Crippen LogP) is 1.52. The number of amides is 2. The minimum Gasteiger partial charge on any atom is -0.349 e. The molecule has 2 aromatic rings. The van der Waals surface area contributed by atoms with Gasteiger partial charge in [-0.3, -0.25) is 9.59 Å². The van der Waals surface area contributed by atoms with Gasteiger partial charge >= 0.3 is 0 Å². The lowest BCUT2D eigenvalue weighted by Crippen LogP contribution is -2.46. The first-order valence-corrected chi connectivity index (χ1v) is 7.78. The number of hydrogen-bond donors (Lipinski definition) is 2. The summed E-state index contributed by atoms with van der Waals surface area (Å²) in [6.07, 6.45) is 3.11. The number of imidazole rings is 1. The smallest absolute Gasteiger partial charge is 0.251 e. The Labute approximate surface area is 132 Å². The number of halogens is 1. The maximum absolute atomic E-state index is 12.3. The van der Waals surface area contributed by atoms with Crippen LogP contribution in [0.3, 0.4) is 0 Å². The van der Waals surface area contributed by atoms with Gasteiger partial charge < -0.3 is 15.2 Å². The van der Waals surface area contributed by atoms with Crippen LogP contribution in [0, 0.1) is 0 Å². The van der Waals surface area contributed by atoms with Crippen molar-refractivity contribution in [3.8, 4) is 0 Å². The van der Waals surface area contributed by atoms with E-state index in [1.54, 1.807) is 23.4 Å². The van der Waals surface area contributed by atoms with Gasteiger partial charge in [-0.15, -0.1) is 11.6 Å². The molecule has 7 heteroatoms. The van der Waals surface area contributed by atoms with Crippen molar-refractivity contribution < 1.29 is 9.59 Å². The van der Waals surface area contributed by atoms with E-state index in [2.05, 4.69) is 15.3 Å². The molecule has 0 radical (unpaired) electrons. The number of likely N-dealkylation sites (tertiary alicyclic amines) is 1. The molecule has 0 saturated carbocycles. The molecule has 0 unspecified atom stereocenters. The lowest BCUT2D eigenvalue weighted by Gasteiger charge is -2.32. The van der Waals surface area contributed by atoms with Gasteiger partial charge in [0.25, 0.3) is 5.91 Å². The molecule has 0 atom stereocenters. The highest BCUT2D eigenvalue weighted by Crippen LogP contribution is 2.14. The van der Waals surface area contributed by atoms with Crippen LogP contribution in [-0.4, -0.2) is 51.7 Å². The summed E-state index contributed by atoms with van der Waals surface area (Å²) in [5.74, 6) is -0.129. The number of fused-ring (bicyclic) bond motifs is 1. The molecule has 0 spiro atoms. The van der Waals surface area contributed by atoms with Gasteiger partial charge in [-0.2, -0.15) is 0 Å². The van der Waals surface area contributed by atoms with Crippen LogP contribution in [0.15, 0.2) is 24.5 Å². The average Bonchev–Trinajstić information content (AvgIpc) is 3.02. The van der Waals surface area contributed by atoms with E-state index >= 15 is 0 Å². The van der Waals surface area contributed by atoms with Crippen molar-refractivity contribution in [2.75, 3.05) is 19.0 Å². The van der Waals surface area contributed by atoms with Gasteiger partial charge in [-0.05, 0) is 31.0 Å². The van der Waals surface area contributed by atoms with Gasteiger partial charge in [0.2, 0.25) is 5.91 Å². The summed E-state index contributed by atoms with van der Waals surface area (Å²) in [7, 11) is 0. The Morgan fingerprint density at radius 1 is 1.36 bits per heavy atom. The number of aromatic amines is 1. The quantitative estimate of drug-likeness (QED) is 0.842. The minimum atomic E-state index is -0.0985. The first-order chi connectivity index (χ1) is 10.7. The van der Waals surface area contributed by atoms with E-state index in [0.717, 1.165) is 23.9 Å². The van der Waals surface area contributed by atoms with E-state index in [1.165, 1.54) is 0 Å².